The van der Waals surface area contributed by atoms with Crippen molar-refractivity contribution in [2.45, 2.75) is 124 Å². The second-order valence-corrected chi connectivity index (χ2v) is 12.0. The number of rotatable bonds is 5. The molecule has 4 saturated carbocycles. The summed E-state index contributed by atoms with van der Waals surface area (Å²) in [5, 5.41) is 10.2. The summed E-state index contributed by atoms with van der Waals surface area (Å²) in [6.45, 7) is 12.8. The number of Topliss-reactive ketones (excluding diaryl/α,β-unsaturated/α-hetero) is 1. The third-order valence-corrected chi connectivity index (χ3v) is 10.5. The van der Waals surface area contributed by atoms with Gasteiger partial charge >= 0.3 is 0 Å². The molecular formula is C28H49FO2. The Labute approximate surface area is 191 Å². The zero-order valence-corrected chi connectivity index (χ0v) is 21.1. The number of aliphatic hydroxyl groups excluding tert-OH is 1. The quantitative estimate of drug-likeness (QED) is 0.488. The molecule has 4 rings (SSSR count). The first-order valence-electron chi connectivity index (χ1n) is 13.5. The summed E-state index contributed by atoms with van der Waals surface area (Å²) in [6, 6.07) is 0. The third kappa shape index (κ3) is 4.51. The van der Waals surface area contributed by atoms with Gasteiger partial charge in [-0.2, -0.15) is 0 Å². The lowest BCUT2D eigenvalue weighted by Crippen LogP contribution is -2.54. The van der Waals surface area contributed by atoms with E-state index in [0.717, 1.165) is 37.5 Å². The molecule has 31 heavy (non-hydrogen) atoms. The molecule has 4 aliphatic carbocycles. The van der Waals surface area contributed by atoms with Gasteiger partial charge in [-0.15, -0.1) is 0 Å². The van der Waals surface area contributed by atoms with Crippen LogP contribution in [0, 0.1) is 46.3 Å². The molecule has 9 unspecified atom stereocenters. The summed E-state index contributed by atoms with van der Waals surface area (Å²) in [4.78, 5) is 12.0. The number of hydrogen-bond donors (Lipinski definition) is 1. The van der Waals surface area contributed by atoms with E-state index in [0.29, 0.717) is 30.1 Å². The van der Waals surface area contributed by atoms with Crippen LogP contribution in [0.3, 0.4) is 0 Å². The number of halogens is 1. The van der Waals surface area contributed by atoms with Crippen molar-refractivity contribution in [2.75, 3.05) is 0 Å². The predicted octanol–water partition coefficient (Wildman–Crippen LogP) is 7.38. The Morgan fingerprint density at radius 2 is 1.61 bits per heavy atom. The van der Waals surface area contributed by atoms with Crippen LogP contribution in [0.4, 0.5) is 4.39 Å². The van der Waals surface area contributed by atoms with Crippen molar-refractivity contribution in [3.8, 4) is 0 Å². The monoisotopic (exact) mass is 436 g/mol. The van der Waals surface area contributed by atoms with Gasteiger partial charge in [0, 0.05) is 12.3 Å². The molecule has 0 amide bonds. The summed E-state index contributed by atoms with van der Waals surface area (Å²) >= 11 is 0. The molecule has 4 aliphatic rings. The van der Waals surface area contributed by atoms with Gasteiger partial charge in [-0.1, -0.05) is 41.5 Å². The first kappa shape index (κ1) is 25.2. The van der Waals surface area contributed by atoms with E-state index in [-0.39, 0.29) is 29.1 Å². The molecule has 0 saturated heterocycles. The number of fused-ring (bicyclic) bond motifs is 5. The van der Waals surface area contributed by atoms with Crippen LogP contribution in [0.15, 0.2) is 0 Å². The fourth-order valence-corrected chi connectivity index (χ4v) is 8.64. The maximum absolute atomic E-state index is 15.4. The third-order valence-electron chi connectivity index (χ3n) is 10.5. The lowest BCUT2D eigenvalue weighted by Gasteiger charge is -2.61. The number of alkyl halides is 1. The van der Waals surface area contributed by atoms with Crippen molar-refractivity contribution in [2.24, 2.45) is 46.3 Å². The van der Waals surface area contributed by atoms with Gasteiger partial charge in [-0.25, -0.2) is 4.39 Å². The van der Waals surface area contributed by atoms with Gasteiger partial charge in [0.1, 0.15) is 12.0 Å². The highest BCUT2D eigenvalue weighted by Gasteiger charge is 2.61. The average Bonchev–Trinajstić information content (AvgIpc) is 3.11. The van der Waals surface area contributed by atoms with E-state index in [2.05, 4.69) is 13.8 Å². The Balaban J connectivity index is 0.00000132. The summed E-state index contributed by atoms with van der Waals surface area (Å²) in [5.74, 6) is 3.24. The first-order chi connectivity index (χ1) is 14.7. The van der Waals surface area contributed by atoms with Gasteiger partial charge in [-0.3, -0.25) is 4.79 Å². The van der Waals surface area contributed by atoms with E-state index in [1.807, 2.05) is 27.7 Å². The molecule has 0 spiro atoms. The second kappa shape index (κ2) is 9.82. The van der Waals surface area contributed by atoms with Gasteiger partial charge < -0.3 is 5.11 Å². The fourth-order valence-electron chi connectivity index (χ4n) is 8.64. The maximum Gasteiger partial charge on any atom is 0.135 e. The Hall–Kier alpha value is -0.440. The van der Waals surface area contributed by atoms with Crippen LogP contribution >= 0.6 is 0 Å². The van der Waals surface area contributed by atoms with Gasteiger partial charge in [0.2, 0.25) is 0 Å². The van der Waals surface area contributed by atoms with Gasteiger partial charge in [0.25, 0.3) is 0 Å². The summed E-state index contributed by atoms with van der Waals surface area (Å²) < 4.78 is 15.4. The van der Waals surface area contributed by atoms with Gasteiger partial charge in [-0.05, 0) is 105 Å². The highest BCUT2D eigenvalue weighted by atomic mass is 19.1. The number of hydrogen-bond acceptors (Lipinski definition) is 2. The molecule has 0 radical (unpaired) electrons. The Morgan fingerprint density at radius 3 is 2.29 bits per heavy atom. The molecule has 0 heterocycles. The molecule has 0 aromatic carbocycles. The molecular weight excluding hydrogens is 387 g/mol. The summed E-state index contributed by atoms with van der Waals surface area (Å²) in [7, 11) is 0. The van der Waals surface area contributed by atoms with Crippen LogP contribution in [-0.2, 0) is 4.79 Å². The van der Waals surface area contributed by atoms with Crippen molar-refractivity contribution in [3.05, 3.63) is 0 Å². The molecule has 9 atom stereocenters. The average molecular weight is 437 g/mol. The second-order valence-electron chi connectivity index (χ2n) is 12.0. The molecule has 0 bridgehead atoms. The van der Waals surface area contributed by atoms with Crippen molar-refractivity contribution < 1.29 is 14.3 Å². The lowest BCUT2D eigenvalue weighted by atomic mass is 9.44. The first-order valence-corrected chi connectivity index (χ1v) is 13.5. The molecule has 0 aromatic heterocycles. The summed E-state index contributed by atoms with van der Waals surface area (Å²) in [5.41, 5.74) is 0.513. The molecule has 0 aliphatic heterocycles. The Morgan fingerprint density at radius 1 is 0.968 bits per heavy atom. The molecule has 3 heteroatoms. The minimum absolute atomic E-state index is 0.0227. The highest BCUT2D eigenvalue weighted by molar-refractivity contribution is 5.80. The van der Waals surface area contributed by atoms with Crippen LogP contribution in [0.5, 0.6) is 0 Å². The van der Waals surface area contributed by atoms with Crippen LogP contribution in [0.2, 0.25) is 0 Å². The van der Waals surface area contributed by atoms with Crippen molar-refractivity contribution >= 4 is 5.78 Å². The zero-order chi connectivity index (χ0) is 23.0. The van der Waals surface area contributed by atoms with E-state index in [9.17, 15) is 9.90 Å². The van der Waals surface area contributed by atoms with Crippen molar-refractivity contribution in [1.82, 2.24) is 0 Å². The lowest BCUT2D eigenvalue weighted by molar-refractivity contribution is -0.131. The Bertz CT molecular complexity index is 618. The van der Waals surface area contributed by atoms with Crippen LogP contribution in [0.25, 0.3) is 0 Å². The molecule has 4 fully saturated rings. The number of aliphatic hydroxyl groups is 1. The highest BCUT2D eigenvalue weighted by Crippen LogP contribution is 2.68. The SMILES string of the molecule is CC.CC(C)C(=O)CCC(F)C1CCC2C3CCC4CC(O)CCC4(C)C3CCC12C. The minimum atomic E-state index is -0.819. The van der Waals surface area contributed by atoms with E-state index in [1.165, 1.54) is 32.1 Å². The van der Waals surface area contributed by atoms with Crippen molar-refractivity contribution in [1.29, 1.82) is 0 Å². The van der Waals surface area contributed by atoms with Crippen LogP contribution in [0.1, 0.15) is 112 Å². The smallest absolute Gasteiger partial charge is 0.135 e. The largest absolute Gasteiger partial charge is 0.393 e. The van der Waals surface area contributed by atoms with E-state index in [4.69, 9.17) is 0 Å². The standard InChI is InChI=1S/C26H43FO2.C2H6/c1-16(2)24(29)10-9-23(27)22-8-7-20-19-6-5-17-15-18(28)11-13-25(17,3)21(19)12-14-26(20,22)4;1-2/h16-23,28H,5-15H2,1-4H3;1-2H3. The molecule has 1 N–H and O–H groups in total. The van der Waals surface area contributed by atoms with E-state index in [1.54, 1.807) is 0 Å². The van der Waals surface area contributed by atoms with Crippen molar-refractivity contribution in [3.63, 3.8) is 0 Å². The van der Waals surface area contributed by atoms with E-state index < -0.39 is 6.17 Å². The molecule has 2 nitrogen and oxygen atoms in total. The topological polar surface area (TPSA) is 37.3 Å². The predicted molar refractivity (Wildman–Crippen MR) is 127 cm³/mol. The minimum Gasteiger partial charge on any atom is -0.393 e. The van der Waals surface area contributed by atoms with E-state index >= 15 is 4.39 Å². The summed E-state index contributed by atoms with van der Waals surface area (Å²) in [6.07, 6.45) is 10.2. The van der Waals surface area contributed by atoms with Gasteiger partial charge in [0.15, 0.2) is 0 Å². The van der Waals surface area contributed by atoms with Crippen LogP contribution in [-0.4, -0.2) is 23.2 Å². The normalized spacial score (nSPS) is 45.1. The number of ketones is 1. The number of carbonyl (C=O) groups excluding carboxylic acids is 1. The van der Waals surface area contributed by atoms with Crippen LogP contribution < -0.4 is 0 Å². The molecule has 180 valence electrons. The van der Waals surface area contributed by atoms with Gasteiger partial charge in [0.05, 0.1) is 6.10 Å². The fraction of sp³-hybridized carbons (Fsp3) is 0.964. The number of carbonyl (C=O) groups is 1. The molecule has 0 aromatic rings. The maximum atomic E-state index is 15.4. The zero-order valence-electron chi connectivity index (χ0n) is 21.1. The Kier molecular flexibility index (Phi) is 7.98.